The van der Waals surface area contributed by atoms with Crippen molar-refractivity contribution in [3.05, 3.63) is 0 Å². The van der Waals surface area contributed by atoms with Crippen molar-refractivity contribution in [1.82, 2.24) is 5.32 Å². The van der Waals surface area contributed by atoms with Gasteiger partial charge in [0.1, 0.15) is 6.67 Å². The summed E-state index contributed by atoms with van der Waals surface area (Å²) in [7, 11) is 0. The highest BCUT2D eigenvalue weighted by molar-refractivity contribution is 5.01. The van der Waals surface area contributed by atoms with Gasteiger partial charge in [-0.2, -0.15) is 0 Å². The van der Waals surface area contributed by atoms with E-state index in [9.17, 15) is 4.39 Å². The Balaban J connectivity index is 1.83. The number of nitrogens with one attached hydrogen (secondary N) is 1. The van der Waals surface area contributed by atoms with Gasteiger partial charge in [0.15, 0.2) is 0 Å². The fourth-order valence-electron chi connectivity index (χ4n) is 2.62. The van der Waals surface area contributed by atoms with Gasteiger partial charge >= 0.3 is 0 Å². The topological polar surface area (TPSA) is 21.3 Å². The number of ether oxygens (including phenoxy) is 1. The number of hydrogen-bond donors (Lipinski definition) is 1. The lowest BCUT2D eigenvalue weighted by molar-refractivity contribution is -0.0548. The lowest BCUT2D eigenvalue weighted by Crippen LogP contribution is -2.56. The van der Waals surface area contributed by atoms with E-state index in [2.05, 4.69) is 5.32 Å². The molecule has 13 heavy (non-hydrogen) atoms. The van der Waals surface area contributed by atoms with Gasteiger partial charge in [0, 0.05) is 25.8 Å². The van der Waals surface area contributed by atoms with Crippen molar-refractivity contribution >= 4 is 0 Å². The van der Waals surface area contributed by atoms with E-state index < -0.39 is 0 Å². The Morgan fingerprint density at radius 2 is 2.08 bits per heavy atom. The second kappa shape index (κ2) is 3.93. The summed E-state index contributed by atoms with van der Waals surface area (Å²) < 4.78 is 17.3. The highest BCUT2D eigenvalue weighted by atomic mass is 19.1. The molecule has 1 N–H and O–H groups in total. The second-order valence-electron chi connectivity index (χ2n) is 4.21. The fourth-order valence-corrected chi connectivity index (χ4v) is 2.62. The van der Waals surface area contributed by atoms with Crippen LogP contribution < -0.4 is 5.32 Å². The van der Waals surface area contributed by atoms with E-state index in [-0.39, 0.29) is 6.67 Å². The maximum absolute atomic E-state index is 12.0. The quantitative estimate of drug-likeness (QED) is 0.723. The van der Waals surface area contributed by atoms with E-state index >= 15 is 0 Å². The van der Waals surface area contributed by atoms with E-state index in [1.165, 1.54) is 12.8 Å². The molecule has 0 radical (unpaired) electrons. The van der Waals surface area contributed by atoms with Crippen molar-refractivity contribution < 1.29 is 9.13 Å². The second-order valence-corrected chi connectivity index (χ2v) is 4.21. The number of hydrogen-bond acceptors (Lipinski definition) is 2. The molecule has 0 bridgehead atoms. The Hall–Kier alpha value is -0.150. The van der Waals surface area contributed by atoms with Gasteiger partial charge in [-0.3, -0.25) is 0 Å². The van der Waals surface area contributed by atoms with E-state index in [1.807, 2.05) is 0 Å². The first-order chi connectivity index (χ1) is 6.37. The van der Waals surface area contributed by atoms with Gasteiger partial charge in [-0.05, 0) is 31.1 Å². The van der Waals surface area contributed by atoms with Crippen LogP contribution in [-0.4, -0.2) is 32.5 Å². The predicted octanol–water partition coefficient (Wildman–Crippen LogP) is 1.50. The Bertz CT molecular complexity index is 168. The van der Waals surface area contributed by atoms with E-state index in [4.69, 9.17) is 4.74 Å². The summed E-state index contributed by atoms with van der Waals surface area (Å²) in [6.45, 7) is 2.07. The first-order valence-corrected chi connectivity index (χ1v) is 5.24. The van der Waals surface area contributed by atoms with Crippen molar-refractivity contribution in [2.75, 3.05) is 26.4 Å². The van der Waals surface area contributed by atoms with Crippen LogP contribution in [0.3, 0.4) is 0 Å². The normalized spacial score (nSPS) is 31.6. The lowest BCUT2D eigenvalue weighted by atomic mass is 9.60. The minimum atomic E-state index is -0.247. The first kappa shape index (κ1) is 9.41. The molecule has 2 rings (SSSR count). The zero-order valence-corrected chi connectivity index (χ0v) is 8.02. The monoisotopic (exact) mass is 187 g/mol. The molecule has 0 aromatic rings. The Morgan fingerprint density at radius 3 is 2.62 bits per heavy atom. The summed E-state index contributed by atoms with van der Waals surface area (Å²) in [6, 6.07) is 0.562. The molecule has 76 valence electrons. The largest absolute Gasteiger partial charge is 0.381 e. The fraction of sp³-hybridized carbons (Fsp3) is 1.00. The van der Waals surface area contributed by atoms with Gasteiger partial charge < -0.3 is 10.1 Å². The first-order valence-electron chi connectivity index (χ1n) is 5.24. The smallest absolute Gasteiger partial charge is 0.102 e. The van der Waals surface area contributed by atoms with E-state index in [0.717, 1.165) is 26.1 Å². The molecule has 1 atom stereocenters. The minimum Gasteiger partial charge on any atom is -0.381 e. The minimum absolute atomic E-state index is 0.247. The summed E-state index contributed by atoms with van der Waals surface area (Å²) in [4.78, 5) is 0. The zero-order chi connectivity index (χ0) is 9.15. The van der Waals surface area contributed by atoms with Crippen molar-refractivity contribution in [2.45, 2.75) is 31.7 Å². The maximum atomic E-state index is 12.0. The van der Waals surface area contributed by atoms with Crippen molar-refractivity contribution in [3.8, 4) is 0 Å². The third-order valence-corrected chi connectivity index (χ3v) is 3.64. The van der Waals surface area contributed by atoms with Gasteiger partial charge in [0.2, 0.25) is 0 Å². The highest BCUT2D eigenvalue weighted by Gasteiger charge is 2.46. The molecule has 2 nitrogen and oxygen atoms in total. The van der Waals surface area contributed by atoms with Crippen LogP contribution in [0, 0.1) is 5.41 Å². The Morgan fingerprint density at radius 1 is 1.31 bits per heavy atom. The highest BCUT2D eigenvalue weighted by Crippen LogP contribution is 2.48. The van der Waals surface area contributed by atoms with Gasteiger partial charge in [-0.25, -0.2) is 4.39 Å². The van der Waals surface area contributed by atoms with Crippen LogP contribution in [0.2, 0.25) is 0 Å². The number of halogens is 1. The summed E-state index contributed by atoms with van der Waals surface area (Å²) >= 11 is 0. The third-order valence-electron chi connectivity index (χ3n) is 3.64. The van der Waals surface area contributed by atoms with Gasteiger partial charge in [-0.1, -0.05) is 0 Å². The average molecular weight is 187 g/mol. The molecule has 0 amide bonds. The standard InChI is InChI=1S/C10H18FNO/c11-5-6-12-9-1-2-10(9)3-7-13-8-4-10/h9,12H,1-8H2. The van der Waals surface area contributed by atoms with Gasteiger partial charge in [0.05, 0.1) is 0 Å². The third kappa shape index (κ3) is 1.72. The lowest BCUT2D eigenvalue weighted by Gasteiger charge is -2.52. The van der Waals surface area contributed by atoms with Crippen LogP contribution in [-0.2, 0) is 4.74 Å². The molecule has 1 saturated carbocycles. The van der Waals surface area contributed by atoms with Crippen LogP contribution in [0.4, 0.5) is 4.39 Å². The molecule has 3 heteroatoms. The van der Waals surface area contributed by atoms with Gasteiger partial charge in [-0.15, -0.1) is 0 Å². The summed E-state index contributed by atoms with van der Waals surface area (Å²) in [6.07, 6.45) is 4.86. The van der Waals surface area contributed by atoms with Crippen LogP contribution in [0.15, 0.2) is 0 Å². The maximum Gasteiger partial charge on any atom is 0.102 e. The molecular weight excluding hydrogens is 169 g/mol. The Labute approximate surface area is 78.8 Å². The number of rotatable bonds is 3. The van der Waals surface area contributed by atoms with Crippen molar-refractivity contribution in [2.24, 2.45) is 5.41 Å². The molecule has 1 unspecified atom stereocenters. The summed E-state index contributed by atoms with van der Waals surface area (Å²) in [5.41, 5.74) is 0.466. The van der Waals surface area contributed by atoms with Crippen LogP contribution >= 0.6 is 0 Å². The number of alkyl halides is 1. The molecule has 0 aromatic heterocycles. The molecule has 0 aromatic carbocycles. The van der Waals surface area contributed by atoms with E-state index in [1.54, 1.807) is 0 Å². The van der Waals surface area contributed by atoms with Crippen molar-refractivity contribution in [3.63, 3.8) is 0 Å². The van der Waals surface area contributed by atoms with Crippen molar-refractivity contribution in [1.29, 1.82) is 0 Å². The average Bonchev–Trinajstić information content (AvgIpc) is 2.18. The molecule has 1 heterocycles. The molecule has 1 spiro atoms. The molecule has 1 saturated heterocycles. The van der Waals surface area contributed by atoms with Crippen LogP contribution in [0.5, 0.6) is 0 Å². The zero-order valence-electron chi connectivity index (χ0n) is 8.02. The molecular formula is C10H18FNO. The van der Waals surface area contributed by atoms with Crippen LogP contribution in [0.25, 0.3) is 0 Å². The van der Waals surface area contributed by atoms with E-state index in [0.29, 0.717) is 18.0 Å². The van der Waals surface area contributed by atoms with Gasteiger partial charge in [0.25, 0.3) is 0 Å². The predicted molar refractivity (Wildman–Crippen MR) is 49.5 cm³/mol. The van der Waals surface area contributed by atoms with Crippen LogP contribution in [0.1, 0.15) is 25.7 Å². The molecule has 1 aliphatic heterocycles. The SMILES string of the molecule is FCCNC1CCC12CCOCC2. The summed E-state index contributed by atoms with van der Waals surface area (Å²) in [5, 5.41) is 3.30. The summed E-state index contributed by atoms with van der Waals surface area (Å²) in [5.74, 6) is 0. The Kier molecular flexibility index (Phi) is 2.84. The molecule has 2 aliphatic rings. The molecule has 1 aliphatic carbocycles. The molecule has 2 fully saturated rings.